The van der Waals surface area contributed by atoms with E-state index in [1.165, 1.54) is 19.5 Å². The SMILES string of the molecule is CC(C)N1CC2C1CCN2C. The topological polar surface area (TPSA) is 6.48 Å². The normalized spacial score (nSPS) is 39.3. The summed E-state index contributed by atoms with van der Waals surface area (Å²) in [6.07, 6.45) is 1.39. The fourth-order valence-corrected chi connectivity index (χ4v) is 2.44. The van der Waals surface area contributed by atoms with Gasteiger partial charge in [-0.3, -0.25) is 4.90 Å². The molecule has 2 heteroatoms. The van der Waals surface area contributed by atoms with Crippen LogP contribution in [0.4, 0.5) is 0 Å². The van der Waals surface area contributed by atoms with E-state index in [1.54, 1.807) is 0 Å². The molecule has 0 radical (unpaired) electrons. The van der Waals surface area contributed by atoms with Crippen molar-refractivity contribution in [1.82, 2.24) is 9.80 Å². The van der Waals surface area contributed by atoms with Gasteiger partial charge in [0.05, 0.1) is 0 Å². The summed E-state index contributed by atoms with van der Waals surface area (Å²) in [4.78, 5) is 5.12. The van der Waals surface area contributed by atoms with Crippen LogP contribution in [0.1, 0.15) is 20.3 Å². The average molecular weight is 154 g/mol. The minimum absolute atomic E-state index is 0.753. The first-order chi connectivity index (χ1) is 5.20. The maximum atomic E-state index is 2.62. The Kier molecular flexibility index (Phi) is 1.69. The summed E-state index contributed by atoms with van der Waals surface area (Å²) in [5, 5.41) is 0. The van der Waals surface area contributed by atoms with E-state index < -0.39 is 0 Å². The molecule has 0 aromatic rings. The molecule has 0 spiro atoms. The van der Waals surface area contributed by atoms with Crippen LogP contribution in [-0.4, -0.2) is 48.1 Å². The van der Waals surface area contributed by atoms with Gasteiger partial charge in [0.15, 0.2) is 0 Å². The standard InChI is InChI=1S/C9H18N2/c1-7(2)11-6-9-8(11)4-5-10(9)3/h7-9H,4-6H2,1-3H3. The van der Waals surface area contributed by atoms with Crippen molar-refractivity contribution in [1.29, 1.82) is 0 Å². The second-order valence-electron chi connectivity index (χ2n) is 4.19. The maximum absolute atomic E-state index is 2.62. The molecular weight excluding hydrogens is 136 g/mol. The van der Waals surface area contributed by atoms with Crippen LogP contribution in [0.15, 0.2) is 0 Å². The quantitative estimate of drug-likeness (QED) is 0.551. The highest BCUT2D eigenvalue weighted by atomic mass is 15.4. The molecule has 2 rings (SSSR count). The van der Waals surface area contributed by atoms with Crippen molar-refractivity contribution in [2.45, 2.75) is 38.4 Å². The number of hydrogen-bond acceptors (Lipinski definition) is 2. The van der Waals surface area contributed by atoms with Crippen molar-refractivity contribution in [2.75, 3.05) is 20.1 Å². The minimum Gasteiger partial charge on any atom is -0.301 e. The number of likely N-dealkylation sites (N-methyl/N-ethyl adjacent to an activating group) is 1. The number of rotatable bonds is 1. The molecular formula is C9H18N2. The van der Waals surface area contributed by atoms with Crippen molar-refractivity contribution in [2.24, 2.45) is 0 Å². The summed E-state index contributed by atoms with van der Waals surface area (Å²) in [5.74, 6) is 0. The van der Waals surface area contributed by atoms with Gasteiger partial charge in [-0.2, -0.15) is 0 Å². The minimum atomic E-state index is 0.753. The Morgan fingerprint density at radius 3 is 2.55 bits per heavy atom. The smallest absolute Gasteiger partial charge is 0.0376 e. The van der Waals surface area contributed by atoms with E-state index in [1.807, 2.05) is 0 Å². The van der Waals surface area contributed by atoms with Crippen LogP contribution < -0.4 is 0 Å². The monoisotopic (exact) mass is 154 g/mol. The Labute approximate surface area is 69.2 Å². The number of fused-ring (bicyclic) bond motifs is 1. The molecule has 2 atom stereocenters. The van der Waals surface area contributed by atoms with Crippen LogP contribution in [0.25, 0.3) is 0 Å². The lowest BCUT2D eigenvalue weighted by Gasteiger charge is -2.48. The van der Waals surface area contributed by atoms with Crippen molar-refractivity contribution < 1.29 is 0 Å². The number of hydrogen-bond donors (Lipinski definition) is 0. The lowest BCUT2D eigenvalue weighted by atomic mass is 9.95. The molecule has 0 bridgehead atoms. The molecule has 0 aromatic heterocycles. The van der Waals surface area contributed by atoms with Gasteiger partial charge in [-0.05, 0) is 33.9 Å². The highest BCUT2D eigenvalue weighted by molar-refractivity contribution is 5.03. The van der Waals surface area contributed by atoms with E-state index in [-0.39, 0.29) is 0 Å². The summed E-state index contributed by atoms with van der Waals surface area (Å²) in [5.41, 5.74) is 0. The highest BCUT2D eigenvalue weighted by Gasteiger charge is 2.45. The largest absolute Gasteiger partial charge is 0.301 e. The molecule has 2 aliphatic heterocycles. The third-order valence-electron chi connectivity index (χ3n) is 3.28. The predicted octanol–water partition coefficient (Wildman–Crippen LogP) is 0.783. The van der Waals surface area contributed by atoms with E-state index in [2.05, 4.69) is 30.7 Å². The molecule has 2 unspecified atom stereocenters. The van der Waals surface area contributed by atoms with Crippen molar-refractivity contribution in [3.05, 3.63) is 0 Å². The van der Waals surface area contributed by atoms with Gasteiger partial charge < -0.3 is 4.90 Å². The van der Waals surface area contributed by atoms with E-state index in [4.69, 9.17) is 0 Å². The molecule has 0 N–H and O–H groups in total. The van der Waals surface area contributed by atoms with Gasteiger partial charge >= 0.3 is 0 Å². The molecule has 0 saturated carbocycles. The third kappa shape index (κ3) is 1.00. The van der Waals surface area contributed by atoms with Crippen LogP contribution in [-0.2, 0) is 0 Å². The molecule has 0 amide bonds. The summed E-state index contributed by atoms with van der Waals surface area (Å²) < 4.78 is 0. The maximum Gasteiger partial charge on any atom is 0.0376 e. The Hall–Kier alpha value is -0.0800. The van der Waals surface area contributed by atoms with E-state index in [0.717, 1.165) is 18.1 Å². The van der Waals surface area contributed by atoms with Crippen molar-refractivity contribution >= 4 is 0 Å². The van der Waals surface area contributed by atoms with Crippen molar-refractivity contribution in [3.63, 3.8) is 0 Å². The Balaban J connectivity index is 1.96. The fraction of sp³-hybridized carbons (Fsp3) is 1.00. The molecule has 2 saturated heterocycles. The zero-order chi connectivity index (χ0) is 8.01. The molecule has 0 aromatic carbocycles. The Morgan fingerprint density at radius 2 is 2.00 bits per heavy atom. The molecule has 0 aliphatic carbocycles. The van der Waals surface area contributed by atoms with Gasteiger partial charge in [-0.1, -0.05) is 0 Å². The highest BCUT2D eigenvalue weighted by Crippen LogP contribution is 2.32. The van der Waals surface area contributed by atoms with Crippen LogP contribution in [0.3, 0.4) is 0 Å². The molecule has 64 valence electrons. The van der Waals surface area contributed by atoms with Crippen LogP contribution in [0.2, 0.25) is 0 Å². The van der Waals surface area contributed by atoms with Gasteiger partial charge in [0.25, 0.3) is 0 Å². The molecule has 2 heterocycles. The van der Waals surface area contributed by atoms with E-state index >= 15 is 0 Å². The van der Waals surface area contributed by atoms with Gasteiger partial charge in [-0.25, -0.2) is 0 Å². The number of nitrogens with zero attached hydrogens (tertiary/aromatic N) is 2. The van der Waals surface area contributed by atoms with Gasteiger partial charge in [0.1, 0.15) is 0 Å². The zero-order valence-corrected chi connectivity index (χ0v) is 7.75. The summed E-state index contributed by atoms with van der Waals surface area (Å²) in [7, 11) is 2.25. The average Bonchev–Trinajstić information content (AvgIpc) is 2.06. The Morgan fingerprint density at radius 1 is 1.27 bits per heavy atom. The first-order valence-corrected chi connectivity index (χ1v) is 4.66. The first-order valence-electron chi connectivity index (χ1n) is 4.66. The summed E-state index contributed by atoms with van der Waals surface area (Å²) in [6, 6.07) is 2.53. The predicted molar refractivity (Wildman–Crippen MR) is 46.7 cm³/mol. The Bertz CT molecular complexity index is 156. The van der Waals surface area contributed by atoms with Crippen molar-refractivity contribution in [3.8, 4) is 0 Å². The second kappa shape index (κ2) is 2.46. The lowest BCUT2D eigenvalue weighted by molar-refractivity contribution is 0.00673. The molecule has 2 aliphatic rings. The molecule has 11 heavy (non-hydrogen) atoms. The van der Waals surface area contributed by atoms with Gasteiger partial charge in [-0.15, -0.1) is 0 Å². The molecule has 2 nitrogen and oxygen atoms in total. The summed E-state index contributed by atoms with van der Waals surface area (Å²) in [6.45, 7) is 7.21. The van der Waals surface area contributed by atoms with Gasteiger partial charge in [0.2, 0.25) is 0 Å². The third-order valence-corrected chi connectivity index (χ3v) is 3.28. The molecule has 2 fully saturated rings. The van der Waals surface area contributed by atoms with Crippen LogP contribution >= 0.6 is 0 Å². The van der Waals surface area contributed by atoms with E-state index in [9.17, 15) is 0 Å². The van der Waals surface area contributed by atoms with E-state index in [0.29, 0.717) is 0 Å². The zero-order valence-electron chi connectivity index (χ0n) is 7.75. The first kappa shape index (κ1) is 7.56. The summed E-state index contributed by atoms with van der Waals surface area (Å²) >= 11 is 0. The van der Waals surface area contributed by atoms with Gasteiger partial charge in [0, 0.05) is 24.7 Å². The van der Waals surface area contributed by atoms with Crippen LogP contribution in [0, 0.1) is 0 Å². The second-order valence-corrected chi connectivity index (χ2v) is 4.19. The number of likely N-dealkylation sites (tertiary alicyclic amines) is 2. The van der Waals surface area contributed by atoms with Crippen LogP contribution in [0.5, 0.6) is 0 Å². The fourth-order valence-electron chi connectivity index (χ4n) is 2.44. The lowest BCUT2D eigenvalue weighted by Crippen LogP contribution is -2.63.